The number of hydrogen-bond donors (Lipinski definition) is 1. The Morgan fingerprint density at radius 2 is 2.17 bits per heavy atom. The normalized spacial score (nSPS) is 21.5. The van der Waals surface area contributed by atoms with Crippen molar-refractivity contribution in [2.75, 3.05) is 46.4 Å². The van der Waals surface area contributed by atoms with Crippen LogP contribution in [0, 0.1) is 11.3 Å². The lowest BCUT2D eigenvalue weighted by molar-refractivity contribution is 0.0373. The van der Waals surface area contributed by atoms with Gasteiger partial charge in [0.15, 0.2) is 0 Å². The maximum absolute atomic E-state index is 5.55. The third-order valence-corrected chi connectivity index (χ3v) is 3.55. The molecule has 108 valence electrons. The third-order valence-electron chi connectivity index (χ3n) is 3.55. The smallest absolute Gasteiger partial charge is 0.0506 e. The minimum Gasteiger partial charge on any atom is -0.381 e. The van der Waals surface area contributed by atoms with E-state index in [0.29, 0.717) is 5.41 Å². The van der Waals surface area contributed by atoms with E-state index in [1.165, 1.54) is 25.8 Å². The van der Waals surface area contributed by atoms with Gasteiger partial charge >= 0.3 is 0 Å². The molecule has 0 aromatic carbocycles. The SMILES string of the molecule is CCCNCC(C)(C)CN(C)CC1CCCOC1. The molecule has 0 aromatic heterocycles. The van der Waals surface area contributed by atoms with Gasteiger partial charge in [-0.05, 0) is 44.2 Å². The van der Waals surface area contributed by atoms with Crippen LogP contribution in [0.1, 0.15) is 40.0 Å². The van der Waals surface area contributed by atoms with Crippen LogP contribution in [0.5, 0.6) is 0 Å². The van der Waals surface area contributed by atoms with Crippen molar-refractivity contribution in [1.29, 1.82) is 0 Å². The molecule has 1 heterocycles. The molecule has 1 N–H and O–H groups in total. The quantitative estimate of drug-likeness (QED) is 0.675. The Hall–Kier alpha value is -0.120. The zero-order chi connectivity index (χ0) is 13.4. The zero-order valence-corrected chi connectivity index (χ0v) is 12.8. The van der Waals surface area contributed by atoms with Crippen LogP contribution < -0.4 is 5.32 Å². The van der Waals surface area contributed by atoms with Gasteiger partial charge in [-0.2, -0.15) is 0 Å². The highest BCUT2D eigenvalue weighted by Crippen LogP contribution is 2.19. The summed E-state index contributed by atoms with van der Waals surface area (Å²) in [4.78, 5) is 2.48. The second-order valence-corrected chi connectivity index (χ2v) is 6.62. The molecule has 3 heteroatoms. The molecule has 3 nitrogen and oxygen atoms in total. The van der Waals surface area contributed by atoms with Gasteiger partial charge < -0.3 is 15.0 Å². The van der Waals surface area contributed by atoms with E-state index < -0.39 is 0 Å². The maximum Gasteiger partial charge on any atom is 0.0506 e. The van der Waals surface area contributed by atoms with Gasteiger partial charge in [0, 0.05) is 26.2 Å². The molecular weight excluding hydrogens is 224 g/mol. The molecule has 0 amide bonds. The molecule has 0 spiro atoms. The fourth-order valence-electron chi connectivity index (χ4n) is 2.85. The zero-order valence-electron chi connectivity index (χ0n) is 12.8. The first-order chi connectivity index (χ1) is 8.53. The van der Waals surface area contributed by atoms with E-state index in [4.69, 9.17) is 4.74 Å². The Morgan fingerprint density at radius 1 is 1.39 bits per heavy atom. The average Bonchev–Trinajstić information content (AvgIpc) is 2.29. The molecule has 0 bridgehead atoms. The molecule has 0 aliphatic carbocycles. The van der Waals surface area contributed by atoms with Crippen molar-refractivity contribution in [3.63, 3.8) is 0 Å². The molecule has 18 heavy (non-hydrogen) atoms. The summed E-state index contributed by atoms with van der Waals surface area (Å²) in [5.41, 5.74) is 0.347. The van der Waals surface area contributed by atoms with Gasteiger partial charge in [0.2, 0.25) is 0 Å². The van der Waals surface area contributed by atoms with E-state index in [9.17, 15) is 0 Å². The van der Waals surface area contributed by atoms with Gasteiger partial charge in [-0.1, -0.05) is 20.8 Å². The minimum absolute atomic E-state index is 0.347. The summed E-state index contributed by atoms with van der Waals surface area (Å²) in [6, 6.07) is 0. The highest BCUT2D eigenvalue weighted by molar-refractivity contribution is 4.77. The summed E-state index contributed by atoms with van der Waals surface area (Å²) < 4.78 is 5.55. The van der Waals surface area contributed by atoms with Crippen molar-refractivity contribution in [1.82, 2.24) is 10.2 Å². The molecule has 1 unspecified atom stereocenters. The first-order valence-corrected chi connectivity index (χ1v) is 7.50. The summed E-state index contributed by atoms with van der Waals surface area (Å²) in [6.45, 7) is 13.4. The molecule has 1 aliphatic heterocycles. The van der Waals surface area contributed by atoms with Gasteiger partial charge in [-0.15, -0.1) is 0 Å². The largest absolute Gasteiger partial charge is 0.381 e. The van der Waals surface area contributed by atoms with Crippen molar-refractivity contribution < 1.29 is 4.74 Å². The van der Waals surface area contributed by atoms with Crippen LogP contribution in [-0.2, 0) is 4.74 Å². The Morgan fingerprint density at radius 3 is 2.78 bits per heavy atom. The molecule has 1 atom stereocenters. The van der Waals surface area contributed by atoms with E-state index >= 15 is 0 Å². The summed E-state index contributed by atoms with van der Waals surface area (Å²) in [6.07, 6.45) is 3.78. The van der Waals surface area contributed by atoms with Crippen LogP contribution in [0.3, 0.4) is 0 Å². The molecule has 0 radical (unpaired) electrons. The first-order valence-electron chi connectivity index (χ1n) is 7.50. The van der Waals surface area contributed by atoms with E-state index in [0.717, 1.165) is 38.8 Å². The number of rotatable bonds is 8. The molecular formula is C15H32N2O. The first kappa shape index (κ1) is 15.9. The van der Waals surface area contributed by atoms with E-state index in [-0.39, 0.29) is 0 Å². The molecule has 1 rings (SSSR count). The summed E-state index contributed by atoms with van der Waals surface area (Å²) in [7, 11) is 2.25. The van der Waals surface area contributed by atoms with Crippen molar-refractivity contribution in [3.05, 3.63) is 0 Å². The second-order valence-electron chi connectivity index (χ2n) is 6.62. The van der Waals surface area contributed by atoms with Crippen LogP contribution in [0.2, 0.25) is 0 Å². The average molecular weight is 256 g/mol. The summed E-state index contributed by atoms with van der Waals surface area (Å²) in [5, 5.41) is 3.53. The van der Waals surface area contributed by atoms with Crippen molar-refractivity contribution in [2.45, 2.75) is 40.0 Å². The third kappa shape index (κ3) is 6.72. The van der Waals surface area contributed by atoms with Gasteiger partial charge in [0.1, 0.15) is 0 Å². The Labute approximate surface area is 113 Å². The fourth-order valence-corrected chi connectivity index (χ4v) is 2.85. The predicted octanol–water partition coefficient (Wildman–Crippen LogP) is 2.37. The van der Waals surface area contributed by atoms with Crippen LogP contribution >= 0.6 is 0 Å². The highest BCUT2D eigenvalue weighted by atomic mass is 16.5. The Bertz CT molecular complexity index is 213. The van der Waals surface area contributed by atoms with Crippen LogP contribution in [0.25, 0.3) is 0 Å². The maximum atomic E-state index is 5.55. The van der Waals surface area contributed by atoms with E-state index in [1.807, 2.05) is 0 Å². The standard InChI is InChI=1S/C15H32N2O/c1-5-8-16-12-15(2,3)13-17(4)10-14-7-6-9-18-11-14/h14,16H,5-13H2,1-4H3. The van der Waals surface area contributed by atoms with Crippen molar-refractivity contribution in [3.8, 4) is 0 Å². The van der Waals surface area contributed by atoms with Gasteiger partial charge in [0.25, 0.3) is 0 Å². The van der Waals surface area contributed by atoms with Crippen molar-refractivity contribution >= 4 is 0 Å². The van der Waals surface area contributed by atoms with Gasteiger partial charge in [-0.3, -0.25) is 0 Å². The molecule has 0 saturated carbocycles. The monoisotopic (exact) mass is 256 g/mol. The van der Waals surface area contributed by atoms with Crippen LogP contribution in [0.15, 0.2) is 0 Å². The molecule has 0 aromatic rings. The number of ether oxygens (including phenoxy) is 1. The van der Waals surface area contributed by atoms with E-state index in [1.54, 1.807) is 0 Å². The molecule has 1 fully saturated rings. The summed E-state index contributed by atoms with van der Waals surface area (Å²) in [5.74, 6) is 0.739. The summed E-state index contributed by atoms with van der Waals surface area (Å²) >= 11 is 0. The lowest BCUT2D eigenvalue weighted by atomic mass is 9.92. The molecule has 1 aliphatic rings. The Kier molecular flexibility index (Phi) is 7.20. The molecule has 1 saturated heterocycles. The predicted molar refractivity (Wildman–Crippen MR) is 78.0 cm³/mol. The van der Waals surface area contributed by atoms with E-state index in [2.05, 4.69) is 38.0 Å². The van der Waals surface area contributed by atoms with Crippen LogP contribution in [0.4, 0.5) is 0 Å². The number of nitrogens with zero attached hydrogens (tertiary/aromatic N) is 1. The number of hydrogen-bond acceptors (Lipinski definition) is 3. The number of nitrogens with one attached hydrogen (secondary N) is 1. The van der Waals surface area contributed by atoms with Gasteiger partial charge in [-0.25, -0.2) is 0 Å². The van der Waals surface area contributed by atoms with Crippen molar-refractivity contribution in [2.24, 2.45) is 11.3 Å². The van der Waals surface area contributed by atoms with Gasteiger partial charge in [0.05, 0.1) is 6.61 Å². The van der Waals surface area contributed by atoms with Crippen LogP contribution in [-0.4, -0.2) is 51.3 Å². The topological polar surface area (TPSA) is 24.5 Å². The Balaban J connectivity index is 2.21. The lowest BCUT2D eigenvalue weighted by Crippen LogP contribution is -2.41. The minimum atomic E-state index is 0.347. The highest BCUT2D eigenvalue weighted by Gasteiger charge is 2.22. The fraction of sp³-hybridized carbons (Fsp3) is 1.00. The lowest BCUT2D eigenvalue weighted by Gasteiger charge is -2.33. The second kappa shape index (κ2) is 8.13.